The fourth-order valence-electron chi connectivity index (χ4n) is 2.98. The van der Waals surface area contributed by atoms with Gasteiger partial charge < -0.3 is 43.4 Å². The van der Waals surface area contributed by atoms with Crippen molar-refractivity contribution in [1.82, 2.24) is 16.0 Å². The highest BCUT2D eigenvalue weighted by molar-refractivity contribution is 5.93. The van der Waals surface area contributed by atoms with E-state index in [9.17, 15) is 24.3 Å². The number of carboxylic acid groups (broad SMARTS) is 1. The lowest BCUT2D eigenvalue weighted by Gasteiger charge is -2.25. The molecule has 0 saturated carbocycles. The fourth-order valence-corrected chi connectivity index (χ4v) is 2.98. The molecule has 11 N–H and O–H groups in total. The normalized spacial score (nSPS) is 13.3. The Kier molecular flexibility index (Phi) is 12.0. The predicted molar refractivity (Wildman–Crippen MR) is 129 cm³/mol. The molecule has 0 aromatic heterocycles. The van der Waals surface area contributed by atoms with Crippen LogP contribution in [0.4, 0.5) is 0 Å². The molecule has 3 amide bonds. The molecule has 194 valence electrons. The van der Waals surface area contributed by atoms with E-state index in [1.54, 1.807) is 26.0 Å². The highest BCUT2D eigenvalue weighted by Crippen LogP contribution is 2.12. The van der Waals surface area contributed by atoms with Crippen LogP contribution < -0.4 is 33.2 Å². The second kappa shape index (κ2) is 14.4. The number of hydrogen-bond acceptors (Lipinski definition) is 7. The monoisotopic (exact) mass is 493 g/mol. The summed E-state index contributed by atoms with van der Waals surface area (Å²) in [5.41, 5.74) is 17.1. The van der Waals surface area contributed by atoms with E-state index >= 15 is 0 Å². The first-order valence-corrected chi connectivity index (χ1v) is 11.1. The minimum atomic E-state index is -1.25. The van der Waals surface area contributed by atoms with Gasteiger partial charge >= 0.3 is 5.97 Å². The summed E-state index contributed by atoms with van der Waals surface area (Å²) < 4.78 is 0. The second-order valence-electron chi connectivity index (χ2n) is 8.32. The van der Waals surface area contributed by atoms with Crippen LogP contribution in [0.5, 0.6) is 5.75 Å². The van der Waals surface area contributed by atoms with E-state index in [0.717, 1.165) is 0 Å². The zero-order valence-corrected chi connectivity index (χ0v) is 19.9. The first-order chi connectivity index (χ1) is 16.4. The number of nitrogens with one attached hydrogen (secondary N) is 3. The van der Waals surface area contributed by atoms with Gasteiger partial charge in [-0.1, -0.05) is 26.0 Å². The number of carbonyl (C=O) groups excluding carboxylic acids is 3. The molecule has 0 radical (unpaired) electrons. The Bertz CT molecular complexity index is 900. The smallest absolute Gasteiger partial charge is 0.322 e. The lowest BCUT2D eigenvalue weighted by atomic mass is 10.0. The lowest BCUT2D eigenvalue weighted by molar-refractivity contribution is -0.138. The lowest BCUT2D eigenvalue weighted by Crippen LogP contribution is -2.57. The number of hydrogen-bond donors (Lipinski definition) is 8. The number of amides is 3. The van der Waals surface area contributed by atoms with Crippen LogP contribution in [0.2, 0.25) is 0 Å². The average molecular weight is 494 g/mol. The number of carboxylic acids is 1. The Hall–Kier alpha value is -3.87. The fraction of sp³-hybridized carbons (Fsp3) is 0.500. The number of aromatic hydroxyl groups is 1. The van der Waals surface area contributed by atoms with Crippen LogP contribution >= 0.6 is 0 Å². The SMILES string of the molecule is CC(C)C(N)C(=O)NC(CCCN=C(N)N)C(=O)NC(Cc1ccc(O)cc1)C(=O)NCC(=O)O. The molecule has 3 unspecified atom stereocenters. The van der Waals surface area contributed by atoms with Crippen LogP contribution in [0.3, 0.4) is 0 Å². The topological polar surface area (TPSA) is 235 Å². The largest absolute Gasteiger partial charge is 0.508 e. The summed E-state index contributed by atoms with van der Waals surface area (Å²) in [6.07, 6.45) is 0.514. The third-order valence-corrected chi connectivity index (χ3v) is 5.02. The molecule has 0 aliphatic heterocycles. The van der Waals surface area contributed by atoms with Crippen LogP contribution in [0.25, 0.3) is 0 Å². The van der Waals surface area contributed by atoms with E-state index in [4.69, 9.17) is 22.3 Å². The minimum Gasteiger partial charge on any atom is -0.508 e. The number of nitrogens with two attached hydrogens (primary N) is 3. The Morgan fingerprint density at radius 3 is 2.11 bits per heavy atom. The Morgan fingerprint density at radius 2 is 1.57 bits per heavy atom. The summed E-state index contributed by atoms with van der Waals surface area (Å²) in [4.78, 5) is 53.0. The zero-order chi connectivity index (χ0) is 26.5. The third kappa shape index (κ3) is 11.2. The predicted octanol–water partition coefficient (Wildman–Crippen LogP) is -1.86. The summed E-state index contributed by atoms with van der Waals surface area (Å²) in [6.45, 7) is 3.11. The Morgan fingerprint density at radius 1 is 0.971 bits per heavy atom. The number of guanidine groups is 1. The Labute approximate surface area is 203 Å². The summed E-state index contributed by atoms with van der Waals surface area (Å²) in [6, 6.07) is 2.92. The number of carbonyl (C=O) groups is 4. The molecule has 1 rings (SSSR count). The van der Waals surface area contributed by atoms with Gasteiger partial charge in [0.25, 0.3) is 0 Å². The van der Waals surface area contributed by atoms with Crippen molar-refractivity contribution in [1.29, 1.82) is 0 Å². The highest BCUT2D eigenvalue weighted by Gasteiger charge is 2.29. The molecule has 0 fully saturated rings. The number of nitrogens with zero attached hydrogens (tertiary/aromatic N) is 1. The van der Waals surface area contributed by atoms with Crippen molar-refractivity contribution in [2.45, 2.75) is 51.2 Å². The number of benzene rings is 1. The van der Waals surface area contributed by atoms with Crippen molar-refractivity contribution in [3.63, 3.8) is 0 Å². The summed E-state index contributed by atoms with van der Waals surface area (Å²) in [5, 5.41) is 25.8. The van der Waals surface area contributed by atoms with Gasteiger partial charge in [-0.05, 0) is 36.5 Å². The van der Waals surface area contributed by atoms with Crippen molar-refractivity contribution in [2.75, 3.05) is 13.1 Å². The van der Waals surface area contributed by atoms with Crippen LogP contribution in [-0.4, -0.2) is 71.1 Å². The maximum Gasteiger partial charge on any atom is 0.322 e. The zero-order valence-electron chi connectivity index (χ0n) is 19.9. The molecule has 13 nitrogen and oxygen atoms in total. The molecular weight excluding hydrogens is 458 g/mol. The molecule has 0 aliphatic carbocycles. The van der Waals surface area contributed by atoms with Crippen molar-refractivity contribution >= 4 is 29.7 Å². The van der Waals surface area contributed by atoms with Crippen molar-refractivity contribution < 1.29 is 29.4 Å². The first-order valence-electron chi connectivity index (χ1n) is 11.1. The third-order valence-electron chi connectivity index (χ3n) is 5.02. The van der Waals surface area contributed by atoms with Crippen molar-refractivity contribution in [3.05, 3.63) is 29.8 Å². The van der Waals surface area contributed by atoms with Gasteiger partial charge in [-0.3, -0.25) is 24.2 Å². The maximum absolute atomic E-state index is 13.1. The van der Waals surface area contributed by atoms with Gasteiger partial charge in [0, 0.05) is 13.0 Å². The first kappa shape index (κ1) is 29.2. The molecule has 0 saturated heterocycles. The Balaban J connectivity index is 3.05. The molecular formula is C22H35N7O6. The number of aliphatic carboxylic acids is 1. The van der Waals surface area contributed by atoms with Crippen LogP contribution in [0, 0.1) is 5.92 Å². The van der Waals surface area contributed by atoms with Gasteiger partial charge in [0.05, 0.1) is 6.04 Å². The number of aliphatic imine (C=N–C) groups is 1. The molecule has 13 heteroatoms. The number of phenols is 1. The second-order valence-corrected chi connectivity index (χ2v) is 8.32. The van der Waals surface area contributed by atoms with E-state index in [2.05, 4.69) is 20.9 Å². The quantitative estimate of drug-likeness (QED) is 0.0823. The molecule has 1 aromatic rings. The maximum atomic E-state index is 13.1. The molecule has 0 bridgehead atoms. The van der Waals surface area contributed by atoms with E-state index in [1.165, 1.54) is 12.1 Å². The van der Waals surface area contributed by atoms with E-state index in [-0.39, 0.29) is 37.0 Å². The van der Waals surface area contributed by atoms with E-state index in [1.807, 2.05) is 0 Å². The van der Waals surface area contributed by atoms with Crippen LogP contribution in [0.15, 0.2) is 29.3 Å². The van der Waals surface area contributed by atoms with Gasteiger partial charge in [0.15, 0.2) is 5.96 Å². The average Bonchev–Trinajstić information content (AvgIpc) is 2.79. The van der Waals surface area contributed by atoms with Gasteiger partial charge in [0.1, 0.15) is 24.4 Å². The molecule has 0 spiro atoms. The molecule has 1 aromatic carbocycles. The number of rotatable bonds is 14. The molecule has 3 atom stereocenters. The van der Waals surface area contributed by atoms with E-state index in [0.29, 0.717) is 12.0 Å². The van der Waals surface area contributed by atoms with Crippen molar-refractivity contribution in [3.8, 4) is 5.75 Å². The standard InChI is InChI=1S/C22H35N7O6/c1-12(2)18(23)21(35)28-15(4-3-9-26-22(24)25)20(34)29-16(19(33)27-11-17(31)32)10-13-5-7-14(30)8-6-13/h5-8,12,15-16,18,30H,3-4,9-11,23H2,1-2H3,(H,27,33)(H,28,35)(H,29,34)(H,31,32)(H4,24,25,26). The summed E-state index contributed by atoms with van der Waals surface area (Å²) in [7, 11) is 0. The van der Waals surface area contributed by atoms with Gasteiger partial charge in [0.2, 0.25) is 17.7 Å². The molecule has 0 aliphatic rings. The van der Waals surface area contributed by atoms with Crippen molar-refractivity contribution in [2.24, 2.45) is 28.1 Å². The molecule has 0 heterocycles. The summed E-state index contributed by atoms with van der Waals surface area (Å²) >= 11 is 0. The number of phenolic OH excluding ortho intramolecular Hbond substituents is 1. The van der Waals surface area contributed by atoms with Gasteiger partial charge in [-0.2, -0.15) is 0 Å². The summed E-state index contributed by atoms with van der Waals surface area (Å²) in [5.74, 6) is -3.43. The van der Waals surface area contributed by atoms with Gasteiger partial charge in [-0.25, -0.2) is 0 Å². The van der Waals surface area contributed by atoms with E-state index < -0.39 is 48.4 Å². The minimum absolute atomic E-state index is 0.0116. The van der Waals surface area contributed by atoms with Crippen LogP contribution in [-0.2, 0) is 25.6 Å². The van der Waals surface area contributed by atoms with Gasteiger partial charge in [-0.15, -0.1) is 0 Å². The van der Waals surface area contributed by atoms with Crippen LogP contribution in [0.1, 0.15) is 32.3 Å². The molecule has 35 heavy (non-hydrogen) atoms. The highest BCUT2D eigenvalue weighted by atomic mass is 16.4.